The second kappa shape index (κ2) is 5.65. The molecule has 104 valence electrons. The molecule has 20 heavy (non-hydrogen) atoms. The summed E-state index contributed by atoms with van der Waals surface area (Å²) >= 11 is 0. The van der Waals surface area contributed by atoms with Gasteiger partial charge in [0.25, 0.3) is 0 Å². The molecule has 0 bridgehead atoms. The second-order valence-electron chi connectivity index (χ2n) is 4.51. The zero-order chi connectivity index (χ0) is 14.7. The minimum atomic E-state index is -0.152. The lowest BCUT2D eigenvalue weighted by molar-refractivity contribution is 0.101. The molecule has 4 heteroatoms. The monoisotopic (exact) mass is 271 g/mol. The number of ether oxygens (including phenoxy) is 1. The lowest BCUT2D eigenvalue weighted by atomic mass is 10.1. The van der Waals surface area contributed by atoms with E-state index in [0.29, 0.717) is 5.56 Å². The van der Waals surface area contributed by atoms with Crippen LogP contribution in [0.1, 0.15) is 17.3 Å². The van der Waals surface area contributed by atoms with Crippen LogP contribution in [-0.4, -0.2) is 25.0 Å². The Morgan fingerprint density at radius 2 is 1.70 bits per heavy atom. The fourth-order valence-electron chi connectivity index (χ4n) is 1.98. The van der Waals surface area contributed by atoms with E-state index in [2.05, 4.69) is 0 Å². The quantitative estimate of drug-likeness (QED) is 0.866. The molecule has 2 rings (SSSR count). The average Bonchev–Trinajstić information content (AvgIpc) is 2.46. The maximum atomic E-state index is 11.3. The fourth-order valence-corrected chi connectivity index (χ4v) is 1.98. The number of phenols is 1. The fraction of sp³-hybridized carbons (Fsp3) is 0.188. The van der Waals surface area contributed by atoms with Crippen LogP contribution in [0.3, 0.4) is 0 Å². The van der Waals surface area contributed by atoms with Gasteiger partial charge in [0, 0.05) is 24.5 Å². The Morgan fingerprint density at radius 3 is 2.20 bits per heavy atom. The molecule has 0 radical (unpaired) electrons. The van der Waals surface area contributed by atoms with Gasteiger partial charge in [-0.15, -0.1) is 0 Å². The first-order valence-corrected chi connectivity index (χ1v) is 6.24. The third-order valence-electron chi connectivity index (χ3n) is 3.21. The zero-order valence-electron chi connectivity index (χ0n) is 11.8. The van der Waals surface area contributed by atoms with Crippen molar-refractivity contribution in [1.29, 1.82) is 0 Å². The van der Waals surface area contributed by atoms with Crippen LogP contribution in [0.25, 0.3) is 0 Å². The van der Waals surface area contributed by atoms with E-state index >= 15 is 0 Å². The lowest BCUT2D eigenvalue weighted by Gasteiger charge is -2.20. The van der Waals surface area contributed by atoms with Gasteiger partial charge in [-0.2, -0.15) is 0 Å². The van der Waals surface area contributed by atoms with E-state index in [-0.39, 0.29) is 11.5 Å². The number of ketones is 1. The van der Waals surface area contributed by atoms with Crippen LogP contribution in [0, 0.1) is 0 Å². The van der Waals surface area contributed by atoms with Crippen LogP contribution in [0.5, 0.6) is 11.5 Å². The van der Waals surface area contributed by atoms with Crippen LogP contribution < -0.4 is 9.64 Å². The summed E-state index contributed by atoms with van der Waals surface area (Å²) in [5, 5.41) is 9.87. The molecule has 0 unspecified atom stereocenters. The molecule has 0 heterocycles. The predicted molar refractivity (Wildman–Crippen MR) is 79.2 cm³/mol. The number of rotatable bonds is 4. The molecule has 0 atom stereocenters. The van der Waals surface area contributed by atoms with Gasteiger partial charge in [0.15, 0.2) is 5.78 Å². The van der Waals surface area contributed by atoms with Gasteiger partial charge in [-0.25, -0.2) is 0 Å². The number of nitrogens with zero attached hydrogens (tertiary/aromatic N) is 1. The molecular formula is C16H17NO3. The molecule has 0 saturated carbocycles. The molecule has 0 saturated heterocycles. The van der Waals surface area contributed by atoms with Crippen LogP contribution in [-0.2, 0) is 0 Å². The second-order valence-corrected chi connectivity index (χ2v) is 4.51. The molecule has 2 aromatic carbocycles. The smallest absolute Gasteiger partial charge is 0.163 e. The maximum Gasteiger partial charge on any atom is 0.163 e. The zero-order valence-corrected chi connectivity index (χ0v) is 11.8. The summed E-state index contributed by atoms with van der Waals surface area (Å²) in [6, 6.07) is 12.6. The highest BCUT2D eigenvalue weighted by Gasteiger charge is 2.10. The minimum Gasteiger partial charge on any atom is -0.507 e. The van der Waals surface area contributed by atoms with Crippen molar-refractivity contribution in [2.24, 2.45) is 0 Å². The summed E-state index contributed by atoms with van der Waals surface area (Å²) in [7, 11) is 3.52. The SMILES string of the molecule is COc1ccc(N(C)c2ccc(C(C)=O)c(O)c2)cc1. The largest absolute Gasteiger partial charge is 0.507 e. The molecule has 4 nitrogen and oxygen atoms in total. The summed E-state index contributed by atoms with van der Waals surface area (Å²) in [5.74, 6) is 0.633. The molecule has 0 aliphatic carbocycles. The van der Waals surface area contributed by atoms with Gasteiger partial charge in [-0.1, -0.05) is 0 Å². The van der Waals surface area contributed by atoms with Gasteiger partial charge in [0.05, 0.1) is 12.7 Å². The Labute approximate surface area is 118 Å². The lowest BCUT2D eigenvalue weighted by Crippen LogP contribution is -2.09. The summed E-state index contributed by atoms with van der Waals surface area (Å²) in [4.78, 5) is 13.2. The summed E-state index contributed by atoms with van der Waals surface area (Å²) < 4.78 is 5.12. The van der Waals surface area contributed by atoms with E-state index in [0.717, 1.165) is 17.1 Å². The highest BCUT2D eigenvalue weighted by atomic mass is 16.5. The number of carbonyl (C=O) groups is 1. The van der Waals surface area contributed by atoms with E-state index in [9.17, 15) is 9.90 Å². The highest BCUT2D eigenvalue weighted by Crippen LogP contribution is 2.29. The van der Waals surface area contributed by atoms with Crippen LogP contribution in [0.4, 0.5) is 11.4 Å². The number of carbonyl (C=O) groups excluding carboxylic acids is 1. The highest BCUT2D eigenvalue weighted by molar-refractivity contribution is 5.97. The van der Waals surface area contributed by atoms with Gasteiger partial charge in [0.1, 0.15) is 11.5 Å². The average molecular weight is 271 g/mol. The number of benzene rings is 2. The molecule has 1 N–H and O–H groups in total. The van der Waals surface area contributed by atoms with Gasteiger partial charge in [0.2, 0.25) is 0 Å². The van der Waals surface area contributed by atoms with Crippen molar-refractivity contribution in [2.75, 3.05) is 19.1 Å². The number of methoxy groups -OCH3 is 1. The van der Waals surface area contributed by atoms with E-state index < -0.39 is 0 Å². The van der Waals surface area contributed by atoms with E-state index in [1.165, 1.54) is 6.92 Å². The predicted octanol–water partition coefficient (Wildman–Crippen LogP) is 3.37. The topological polar surface area (TPSA) is 49.8 Å². The van der Waals surface area contributed by atoms with Gasteiger partial charge in [-0.3, -0.25) is 4.79 Å². The van der Waals surface area contributed by atoms with Crippen molar-refractivity contribution in [3.05, 3.63) is 48.0 Å². The number of Topliss-reactive ketones (excluding diaryl/α,β-unsaturated/α-hetero) is 1. The molecule has 0 aliphatic rings. The van der Waals surface area contributed by atoms with Crippen LogP contribution in [0.15, 0.2) is 42.5 Å². The van der Waals surface area contributed by atoms with Crippen molar-refractivity contribution in [2.45, 2.75) is 6.92 Å². The first-order chi connectivity index (χ1) is 9.52. The number of anilines is 2. The van der Waals surface area contributed by atoms with Gasteiger partial charge < -0.3 is 14.7 Å². The Bertz CT molecular complexity index is 620. The summed E-state index contributed by atoms with van der Waals surface area (Å²) in [6.45, 7) is 1.43. The number of hydrogen-bond donors (Lipinski definition) is 1. The third kappa shape index (κ3) is 2.74. The summed E-state index contributed by atoms with van der Waals surface area (Å²) in [5.41, 5.74) is 2.09. The molecule has 0 fully saturated rings. The Balaban J connectivity index is 2.30. The third-order valence-corrected chi connectivity index (χ3v) is 3.21. The first kappa shape index (κ1) is 13.9. The van der Waals surface area contributed by atoms with Crippen molar-refractivity contribution in [3.8, 4) is 11.5 Å². The minimum absolute atomic E-state index is 0.00429. The molecule has 0 amide bonds. The first-order valence-electron chi connectivity index (χ1n) is 6.24. The van der Waals surface area contributed by atoms with Crippen molar-refractivity contribution in [1.82, 2.24) is 0 Å². The normalized spacial score (nSPS) is 10.2. The molecule has 0 spiro atoms. The Kier molecular flexibility index (Phi) is 3.94. The van der Waals surface area contributed by atoms with Crippen molar-refractivity contribution < 1.29 is 14.6 Å². The van der Waals surface area contributed by atoms with Gasteiger partial charge in [-0.05, 0) is 43.3 Å². The van der Waals surface area contributed by atoms with Crippen molar-refractivity contribution in [3.63, 3.8) is 0 Å². The molecular weight excluding hydrogens is 254 g/mol. The number of phenolic OH excluding ortho intramolecular Hbond substituents is 1. The maximum absolute atomic E-state index is 11.3. The standard InChI is InChI=1S/C16H17NO3/c1-11(18)15-9-6-13(10-16(15)19)17(2)12-4-7-14(20-3)8-5-12/h4-10,19H,1-3H3. The number of hydrogen-bond acceptors (Lipinski definition) is 4. The van der Waals surface area contributed by atoms with Gasteiger partial charge >= 0.3 is 0 Å². The van der Waals surface area contributed by atoms with Crippen LogP contribution in [0.2, 0.25) is 0 Å². The molecule has 2 aromatic rings. The molecule has 0 aromatic heterocycles. The van der Waals surface area contributed by atoms with Crippen molar-refractivity contribution >= 4 is 17.2 Å². The Morgan fingerprint density at radius 1 is 1.10 bits per heavy atom. The number of aromatic hydroxyl groups is 1. The molecule has 0 aliphatic heterocycles. The van der Waals surface area contributed by atoms with E-state index in [1.807, 2.05) is 36.2 Å². The Hall–Kier alpha value is -2.49. The van der Waals surface area contributed by atoms with E-state index in [4.69, 9.17) is 4.74 Å². The van der Waals surface area contributed by atoms with Crippen LogP contribution >= 0.6 is 0 Å². The summed E-state index contributed by atoms with van der Waals surface area (Å²) in [6.07, 6.45) is 0. The van der Waals surface area contributed by atoms with E-state index in [1.54, 1.807) is 25.3 Å².